The van der Waals surface area contributed by atoms with E-state index in [0.29, 0.717) is 0 Å². The van der Waals surface area contributed by atoms with Crippen LogP contribution in [0.1, 0.15) is 26.7 Å². The topological polar surface area (TPSA) is 3.24 Å². The molecule has 0 spiro atoms. The van der Waals surface area contributed by atoms with Gasteiger partial charge in [0.1, 0.15) is 0 Å². The van der Waals surface area contributed by atoms with Gasteiger partial charge in [-0.3, -0.25) is 0 Å². The molecule has 0 N–H and O–H groups in total. The highest BCUT2D eigenvalue weighted by Crippen LogP contribution is 2.14. The number of likely N-dealkylation sites (tertiary alicyclic amines) is 1. The van der Waals surface area contributed by atoms with Crippen LogP contribution >= 0.6 is 12.4 Å². The molecule has 0 aliphatic carbocycles. The Labute approximate surface area is 70.2 Å². The molecule has 1 aliphatic heterocycles. The van der Waals surface area contributed by atoms with E-state index in [9.17, 15) is 0 Å². The second kappa shape index (κ2) is 4.97. The van der Waals surface area contributed by atoms with Gasteiger partial charge in [0, 0.05) is 0 Å². The van der Waals surface area contributed by atoms with Crippen LogP contribution in [0.3, 0.4) is 0 Å². The summed E-state index contributed by atoms with van der Waals surface area (Å²) in [6.07, 6.45) is 2.82. The molecule has 0 radical (unpaired) electrons. The van der Waals surface area contributed by atoms with Crippen LogP contribution in [0.2, 0.25) is 0 Å². The quantitative estimate of drug-likeness (QED) is 0.573. The van der Waals surface area contributed by atoms with Gasteiger partial charge in [-0.2, -0.15) is 0 Å². The highest BCUT2D eigenvalue weighted by Gasteiger charge is 2.12. The number of hydrogen-bond acceptors (Lipinski definition) is 1. The van der Waals surface area contributed by atoms with Crippen molar-refractivity contribution in [1.29, 1.82) is 0 Å². The van der Waals surface area contributed by atoms with Gasteiger partial charge >= 0.3 is 0 Å². The van der Waals surface area contributed by atoms with Gasteiger partial charge in [0.2, 0.25) is 0 Å². The molecule has 0 bridgehead atoms. The minimum absolute atomic E-state index is 0. The van der Waals surface area contributed by atoms with Crippen molar-refractivity contribution in [3.05, 3.63) is 0 Å². The number of nitrogens with zero attached hydrogens (tertiary/aromatic N) is 1. The molecule has 1 aliphatic rings. The lowest BCUT2D eigenvalue weighted by Crippen LogP contribution is -2.32. The monoisotopic (exact) mass is 163 g/mol. The molecule has 1 rings (SSSR count). The van der Waals surface area contributed by atoms with Crippen LogP contribution < -0.4 is 0 Å². The van der Waals surface area contributed by atoms with Crippen LogP contribution in [0.15, 0.2) is 0 Å². The Morgan fingerprint density at radius 1 is 1.30 bits per heavy atom. The van der Waals surface area contributed by atoms with Gasteiger partial charge < -0.3 is 4.90 Å². The molecule has 0 amide bonds. The largest absolute Gasteiger partial charge is 0.304 e. The summed E-state index contributed by atoms with van der Waals surface area (Å²) in [6.45, 7) is 8.51. The fourth-order valence-corrected chi connectivity index (χ4v) is 1.38. The first-order chi connectivity index (χ1) is 4.33. The number of halogens is 1. The number of rotatable bonds is 1. The van der Waals surface area contributed by atoms with E-state index in [4.69, 9.17) is 0 Å². The lowest BCUT2D eigenvalue weighted by atomic mass is 9.99. The first-order valence-corrected chi connectivity index (χ1v) is 4.05. The van der Waals surface area contributed by atoms with Crippen LogP contribution in [0.4, 0.5) is 0 Å². The summed E-state index contributed by atoms with van der Waals surface area (Å²) >= 11 is 0. The van der Waals surface area contributed by atoms with Crippen LogP contribution in [0, 0.1) is 5.92 Å². The summed E-state index contributed by atoms with van der Waals surface area (Å²) in [5, 5.41) is 0. The third-order valence-electron chi connectivity index (χ3n) is 2.32. The first kappa shape index (κ1) is 10.2. The summed E-state index contributed by atoms with van der Waals surface area (Å²) in [4.78, 5) is 2.53. The molecular formula is C8H18ClN. The predicted molar refractivity (Wildman–Crippen MR) is 47.8 cm³/mol. The smallest absolute Gasteiger partial charge is 0.00163 e. The lowest BCUT2D eigenvalue weighted by molar-refractivity contribution is 0.201. The highest BCUT2D eigenvalue weighted by atomic mass is 35.5. The van der Waals surface area contributed by atoms with Gasteiger partial charge in [-0.15, -0.1) is 12.4 Å². The molecule has 0 aromatic carbocycles. The molecule has 1 fully saturated rings. The zero-order valence-electron chi connectivity index (χ0n) is 6.97. The van der Waals surface area contributed by atoms with E-state index in [0.717, 1.165) is 5.92 Å². The van der Waals surface area contributed by atoms with Crippen molar-refractivity contribution in [2.75, 3.05) is 19.6 Å². The molecular weight excluding hydrogens is 146 g/mol. The van der Waals surface area contributed by atoms with Crippen molar-refractivity contribution in [2.24, 2.45) is 5.92 Å². The zero-order chi connectivity index (χ0) is 6.69. The van der Waals surface area contributed by atoms with Crippen molar-refractivity contribution < 1.29 is 0 Å². The second-order valence-electron chi connectivity index (χ2n) is 3.12. The van der Waals surface area contributed by atoms with Gasteiger partial charge in [-0.05, 0) is 38.4 Å². The first-order valence-electron chi connectivity index (χ1n) is 4.05. The Balaban J connectivity index is 0.000000810. The number of hydrogen-bond donors (Lipinski definition) is 0. The van der Waals surface area contributed by atoms with E-state index >= 15 is 0 Å². The normalized spacial score (nSPS) is 22.2. The van der Waals surface area contributed by atoms with E-state index in [-0.39, 0.29) is 12.4 Å². The number of piperidine rings is 1. The van der Waals surface area contributed by atoms with Crippen molar-refractivity contribution >= 4 is 12.4 Å². The minimum Gasteiger partial charge on any atom is -0.304 e. The molecule has 0 aromatic rings. The van der Waals surface area contributed by atoms with Crippen molar-refractivity contribution in [1.82, 2.24) is 4.90 Å². The second-order valence-corrected chi connectivity index (χ2v) is 3.12. The van der Waals surface area contributed by atoms with Crippen LogP contribution in [0.5, 0.6) is 0 Å². The average molecular weight is 164 g/mol. The molecule has 62 valence electrons. The van der Waals surface area contributed by atoms with Gasteiger partial charge in [0.05, 0.1) is 0 Å². The molecule has 0 atom stereocenters. The molecule has 1 nitrogen and oxygen atoms in total. The van der Waals surface area contributed by atoms with Crippen molar-refractivity contribution in [2.45, 2.75) is 26.7 Å². The van der Waals surface area contributed by atoms with E-state index in [1.807, 2.05) is 0 Å². The van der Waals surface area contributed by atoms with Gasteiger partial charge in [0.15, 0.2) is 0 Å². The van der Waals surface area contributed by atoms with Crippen molar-refractivity contribution in [3.63, 3.8) is 0 Å². The fraction of sp³-hybridized carbons (Fsp3) is 1.00. The molecule has 2 heteroatoms. The summed E-state index contributed by atoms with van der Waals surface area (Å²) in [5.41, 5.74) is 0. The molecule has 0 unspecified atom stereocenters. The minimum atomic E-state index is 0. The summed E-state index contributed by atoms with van der Waals surface area (Å²) in [6, 6.07) is 0. The van der Waals surface area contributed by atoms with E-state index < -0.39 is 0 Å². The zero-order valence-corrected chi connectivity index (χ0v) is 7.78. The molecule has 0 aromatic heterocycles. The maximum atomic E-state index is 2.53. The van der Waals surface area contributed by atoms with Crippen LogP contribution in [-0.2, 0) is 0 Å². The van der Waals surface area contributed by atoms with Gasteiger partial charge in [-0.25, -0.2) is 0 Å². The highest BCUT2D eigenvalue weighted by molar-refractivity contribution is 5.85. The third-order valence-corrected chi connectivity index (χ3v) is 2.32. The summed E-state index contributed by atoms with van der Waals surface area (Å²) in [5.74, 6) is 0.979. The van der Waals surface area contributed by atoms with Crippen LogP contribution in [0.25, 0.3) is 0 Å². The third kappa shape index (κ3) is 2.89. The predicted octanol–water partition coefficient (Wildman–Crippen LogP) is 2.16. The van der Waals surface area contributed by atoms with Crippen molar-refractivity contribution in [3.8, 4) is 0 Å². The molecule has 1 saturated heterocycles. The SMILES string of the molecule is CCN1CCC(C)CC1.Cl. The summed E-state index contributed by atoms with van der Waals surface area (Å²) in [7, 11) is 0. The maximum Gasteiger partial charge on any atom is -0.00163 e. The lowest BCUT2D eigenvalue weighted by Gasteiger charge is -2.28. The van der Waals surface area contributed by atoms with Gasteiger partial charge in [-0.1, -0.05) is 13.8 Å². The van der Waals surface area contributed by atoms with Crippen LogP contribution in [-0.4, -0.2) is 24.5 Å². The Bertz CT molecular complexity index is 77.3. The Morgan fingerprint density at radius 2 is 1.80 bits per heavy atom. The van der Waals surface area contributed by atoms with E-state index in [1.54, 1.807) is 0 Å². The van der Waals surface area contributed by atoms with Gasteiger partial charge in [0.25, 0.3) is 0 Å². The average Bonchev–Trinajstić information content (AvgIpc) is 1.90. The molecule has 10 heavy (non-hydrogen) atoms. The van der Waals surface area contributed by atoms with E-state index in [1.165, 1.54) is 32.5 Å². The summed E-state index contributed by atoms with van der Waals surface area (Å²) < 4.78 is 0. The fourth-order valence-electron chi connectivity index (χ4n) is 1.38. The Hall–Kier alpha value is 0.250. The van der Waals surface area contributed by atoms with E-state index in [2.05, 4.69) is 18.7 Å². The maximum absolute atomic E-state index is 2.53. The molecule has 1 heterocycles. The standard InChI is InChI=1S/C8H17N.ClH/c1-3-9-6-4-8(2)5-7-9;/h8H,3-7H2,1-2H3;1H. The Kier molecular flexibility index (Phi) is 5.10. The Morgan fingerprint density at radius 3 is 2.20 bits per heavy atom. The molecule has 0 saturated carbocycles.